The maximum Gasteiger partial charge on any atom is 0.131 e. The van der Waals surface area contributed by atoms with Crippen LogP contribution < -0.4 is 5.73 Å². The quantitative estimate of drug-likeness (QED) is 0.887. The van der Waals surface area contributed by atoms with Gasteiger partial charge in [-0.15, -0.1) is 11.3 Å². The summed E-state index contributed by atoms with van der Waals surface area (Å²) in [6.45, 7) is 1.62. The number of benzene rings is 1. The van der Waals surface area contributed by atoms with Crippen molar-refractivity contribution in [3.05, 3.63) is 56.3 Å². The van der Waals surface area contributed by atoms with E-state index in [2.05, 4.69) is 6.07 Å². The summed E-state index contributed by atoms with van der Waals surface area (Å²) in [5.74, 6) is -1.09. The number of aryl methyl sites for hydroxylation is 3. The van der Waals surface area contributed by atoms with Gasteiger partial charge in [-0.1, -0.05) is 0 Å². The van der Waals surface area contributed by atoms with Crippen LogP contribution >= 0.6 is 11.3 Å². The molecule has 1 aromatic heterocycles. The van der Waals surface area contributed by atoms with Crippen molar-refractivity contribution in [3.63, 3.8) is 0 Å². The molecule has 0 saturated carbocycles. The second kappa shape index (κ2) is 4.69. The predicted octanol–water partition coefficient (Wildman–Crippen LogP) is 3.87. The van der Waals surface area contributed by atoms with E-state index in [1.54, 1.807) is 18.3 Å². The van der Waals surface area contributed by atoms with Crippen molar-refractivity contribution in [2.45, 2.75) is 32.2 Å². The zero-order chi connectivity index (χ0) is 13.6. The molecular formula is C15H15F2NS. The summed E-state index contributed by atoms with van der Waals surface area (Å²) in [7, 11) is 0. The van der Waals surface area contributed by atoms with Crippen molar-refractivity contribution >= 4 is 11.3 Å². The minimum Gasteiger partial charge on any atom is -0.320 e. The summed E-state index contributed by atoms with van der Waals surface area (Å²) in [4.78, 5) is 2.33. The predicted molar refractivity (Wildman–Crippen MR) is 73.5 cm³/mol. The van der Waals surface area contributed by atoms with Gasteiger partial charge in [-0.05, 0) is 49.4 Å². The second-order valence-corrected chi connectivity index (χ2v) is 6.22. The van der Waals surface area contributed by atoms with Crippen molar-refractivity contribution in [2.75, 3.05) is 0 Å². The van der Waals surface area contributed by atoms with Crippen molar-refractivity contribution in [2.24, 2.45) is 5.73 Å². The average molecular weight is 279 g/mol. The van der Waals surface area contributed by atoms with E-state index in [-0.39, 0.29) is 0 Å². The first-order chi connectivity index (χ1) is 9.06. The molecule has 3 rings (SSSR count). The van der Waals surface area contributed by atoms with Crippen LogP contribution in [0, 0.1) is 18.6 Å². The number of halogens is 2. The molecule has 2 N–H and O–H groups in total. The molecule has 1 heterocycles. The van der Waals surface area contributed by atoms with Crippen LogP contribution in [0.15, 0.2) is 18.2 Å². The Kier molecular flexibility index (Phi) is 3.15. The molecule has 1 atom stereocenters. The number of rotatable bonds is 2. The van der Waals surface area contributed by atoms with Crippen molar-refractivity contribution in [1.29, 1.82) is 0 Å². The fourth-order valence-electron chi connectivity index (χ4n) is 2.58. The third kappa shape index (κ3) is 2.19. The van der Waals surface area contributed by atoms with Gasteiger partial charge in [0.25, 0.3) is 0 Å². The number of hydrogen-bond acceptors (Lipinski definition) is 2. The zero-order valence-electron chi connectivity index (χ0n) is 10.7. The summed E-state index contributed by atoms with van der Waals surface area (Å²) in [5, 5.41) is 0. The minimum atomic E-state index is -0.566. The average Bonchev–Trinajstić information content (AvgIpc) is 2.93. The minimum absolute atomic E-state index is 0.374. The van der Waals surface area contributed by atoms with Gasteiger partial charge in [0.1, 0.15) is 11.6 Å². The van der Waals surface area contributed by atoms with Gasteiger partial charge in [-0.3, -0.25) is 0 Å². The molecule has 0 amide bonds. The molecule has 0 aliphatic heterocycles. The van der Waals surface area contributed by atoms with Gasteiger partial charge in [0.15, 0.2) is 0 Å². The molecule has 1 nitrogen and oxygen atoms in total. The highest BCUT2D eigenvalue weighted by atomic mass is 32.1. The van der Waals surface area contributed by atoms with E-state index in [1.165, 1.54) is 22.9 Å². The molecule has 0 bridgehead atoms. The van der Waals surface area contributed by atoms with Gasteiger partial charge in [0, 0.05) is 21.4 Å². The molecule has 100 valence electrons. The van der Waals surface area contributed by atoms with Crippen molar-refractivity contribution in [3.8, 4) is 0 Å². The topological polar surface area (TPSA) is 26.0 Å². The fourth-order valence-corrected chi connectivity index (χ4v) is 3.85. The first-order valence-corrected chi connectivity index (χ1v) is 7.20. The fraction of sp³-hybridized carbons (Fsp3) is 0.333. The molecule has 0 radical (unpaired) electrons. The van der Waals surface area contributed by atoms with E-state index < -0.39 is 17.7 Å². The lowest BCUT2D eigenvalue weighted by molar-refractivity contribution is 0.561. The first-order valence-electron chi connectivity index (χ1n) is 6.39. The number of nitrogens with two attached hydrogens (primary N) is 1. The molecule has 1 aromatic carbocycles. The van der Waals surface area contributed by atoms with Crippen LogP contribution in [0.5, 0.6) is 0 Å². The summed E-state index contributed by atoms with van der Waals surface area (Å²) in [6.07, 6.45) is 3.38. The van der Waals surface area contributed by atoms with E-state index in [4.69, 9.17) is 5.73 Å². The smallest absolute Gasteiger partial charge is 0.131 e. The molecule has 1 unspecified atom stereocenters. The Morgan fingerprint density at radius 3 is 2.68 bits per heavy atom. The Balaban J connectivity index is 1.99. The lowest BCUT2D eigenvalue weighted by atomic mass is 10.0. The molecule has 2 aromatic rings. The molecular weight excluding hydrogens is 264 g/mol. The Morgan fingerprint density at radius 1 is 1.16 bits per heavy atom. The number of hydrogen-bond donors (Lipinski definition) is 1. The van der Waals surface area contributed by atoms with Crippen LogP contribution in [0.4, 0.5) is 8.78 Å². The third-order valence-corrected chi connectivity index (χ3v) is 5.01. The normalized spacial score (nSPS) is 15.6. The number of fused-ring (bicyclic) bond motifs is 1. The molecule has 19 heavy (non-hydrogen) atoms. The number of thiophene rings is 1. The highest BCUT2D eigenvalue weighted by Crippen LogP contribution is 2.36. The highest BCUT2D eigenvalue weighted by Gasteiger charge is 2.21. The summed E-state index contributed by atoms with van der Waals surface area (Å²) >= 11 is 1.66. The van der Waals surface area contributed by atoms with Gasteiger partial charge in [-0.25, -0.2) is 8.78 Å². The van der Waals surface area contributed by atoms with Gasteiger partial charge >= 0.3 is 0 Å². The van der Waals surface area contributed by atoms with Gasteiger partial charge in [0.05, 0.1) is 6.04 Å². The Morgan fingerprint density at radius 2 is 1.95 bits per heavy atom. The second-order valence-electron chi connectivity index (χ2n) is 5.05. The van der Waals surface area contributed by atoms with E-state index >= 15 is 0 Å². The molecule has 1 aliphatic carbocycles. The van der Waals surface area contributed by atoms with Crippen LogP contribution in [0.1, 0.15) is 38.9 Å². The van der Waals surface area contributed by atoms with E-state index in [9.17, 15) is 8.78 Å². The van der Waals surface area contributed by atoms with Crippen LogP contribution in [0.25, 0.3) is 0 Å². The maximum absolute atomic E-state index is 13.9. The molecule has 1 aliphatic rings. The Bertz CT molecular complexity index is 612. The van der Waals surface area contributed by atoms with E-state index in [0.717, 1.165) is 23.8 Å². The highest BCUT2D eigenvalue weighted by molar-refractivity contribution is 7.12. The van der Waals surface area contributed by atoms with E-state index in [1.807, 2.05) is 0 Å². The monoisotopic (exact) mass is 279 g/mol. The molecule has 0 saturated heterocycles. The SMILES string of the molecule is Cc1cc(C(N)c2cc3c(s2)CCC3)c(F)cc1F. The van der Waals surface area contributed by atoms with Crippen LogP contribution in [0.3, 0.4) is 0 Å². The maximum atomic E-state index is 13.9. The summed E-state index contributed by atoms with van der Waals surface area (Å²) in [5.41, 5.74) is 8.29. The summed E-state index contributed by atoms with van der Waals surface area (Å²) < 4.78 is 27.1. The lowest BCUT2D eigenvalue weighted by Gasteiger charge is -2.12. The van der Waals surface area contributed by atoms with Gasteiger partial charge in [0.2, 0.25) is 0 Å². The Labute approximate surface area is 115 Å². The molecule has 4 heteroatoms. The lowest BCUT2D eigenvalue weighted by Crippen LogP contribution is -2.13. The standard InChI is InChI=1S/C15H15F2NS/c1-8-5-10(12(17)7-11(8)16)15(18)14-6-9-3-2-4-13(9)19-14/h5-7,15H,2-4,18H2,1H3. The zero-order valence-corrected chi connectivity index (χ0v) is 11.5. The molecule has 0 spiro atoms. The first kappa shape index (κ1) is 12.8. The van der Waals surface area contributed by atoms with Crippen LogP contribution in [-0.2, 0) is 12.8 Å². The summed E-state index contributed by atoms with van der Waals surface area (Å²) in [6, 6.07) is 4.01. The van der Waals surface area contributed by atoms with Crippen LogP contribution in [-0.4, -0.2) is 0 Å². The van der Waals surface area contributed by atoms with Crippen LogP contribution in [0.2, 0.25) is 0 Å². The van der Waals surface area contributed by atoms with Crippen molar-refractivity contribution in [1.82, 2.24) is 0 Å². The largest absolute Gasteiger partial charge is 0.320 e. The Hall–Kier alpha value is -1.26. The molecule has 0 fully saturated rings. The van der Waals surface area contributed by atoms with Gasteiger partial charge in [-0.2, -0.15) is 0 Å². The van der Waals surface area contributed by atoms with Gasteiger partial charge < -0.3 is 5.73 Å². The van der Waals surface area contributed by atoms with Crippen molar-refractivity contribution < 1.29 is 8.78 Å². The third-order valence-electron chi connectivity index (χ3n) is 3.69. The van der Waals surface area contributed by atoms with E-state index in [0.29, 0.717) is 11.1 Å².